The van der Waals surface area contributed by atoms with E-state index in [2.05, 4.69) is 0 Å². The molecule has 0 saturated carbocycles. The molecule has 6 heteroatoms. The van der Waals surface area contributed by atoms with Gasteiger partial charge < -0.3 is 5.11 Å². The predicted octanol–water partition coefficient (Wildman–Crippen LogP) is 0.784. The molecule has 4 nitrogen and oxygen atoms in total. The van der Waals surface area contributed by atoms with Crippen LogP contribution in [0.25, 0.3) is 0 Å². The van der Waals surface area contributed by atoms with E-state index in [4.69, 9.17) is 5.14 Å². The maximum Gasteiger partial charge on any atom is 0.225 e. The summed E-state index contributed by atoms with van der Waals surface area (Å²) in [6.07, 6.45) is -0.674. The Hall–Kier alpha value is -0.430. The first-order valence-corrected chi connectivity index (χ1v) is 6.21. The first kappa shape index (κ1) is 10.6. The second kappa shape index (κ2) is 4.19. The highest BCUT2D eigenvalue weighted by Crippen LogP contribution is 2.21. The van der Waals surface area contributed by atoms with Crippen molar-refractivity contribution in [1.82, 2.24) is 5.14 Å². The highest BCUT2D eigenvalue weighted by molar-refractivity contribution is 7.88. The lowest BCUT2D eigenvalue weighted by Gasteiger charge is -2.05. The van der Waals surface area contributed by atoms with Crippen LogP contribution < -0.4 is 5.14 Å². The fourth-order valence-electron chi connectivity index (χ4n) is 0.890. The van der Waals surface area contributed by atoms with Crippen LogP contribution in [0.5, 0.6) is 0 Å². The van der Waals surface area contributed by atoms with Crippen LogP contribution >= 0.6 is 11.3 Å². The molecule has 1 radical (unpaired) electrons. The van der Waals surface area contributed by atoms with Gasteiger partial charge >= 0.3 is 0 Å². The molecule has 1 atom stereocenters. The van der Waals surface area contributed by atoms with E-state index in [0.29, 0.717) is 0 Å². The molecular weight excluding hydrogens is 210 g/mol. The Bertz CT molecular complexity index is 344. The van der Waals surface area contributed by atoms with Crippen LogP contribution in [0.3, 0.4) is 0 Å². The molecule has 1 unspecified atom stereocenters. The Kier molecular flexibility index (Phi) is 3.43. The molecule has 73 valence electrons. The van der Waals surface area contributed by atoms with E-state index < -0.39 is 16.1 Å². The molecule has 0 aromatic carbocycles. The minimum absolute atomic E-state index is 0.0896. The molecule has 0 amide bonds. The third-order valence-electron chi connectivity index (χ3n) is 1.53. The van der Waals surface area contributed by atoms with Gasteiger partial charge in [-0.2, -0.15) is 0 Å². The number of hydrogen-bond donors (Lipinski definition) is 1. The zero-order valence-corrected chi connectivity index (χ0v) is 8.44. The van der Waals surface area contributed by atoms with Crippen LogP contribution in [-0.4, -0.2) is 19.3 Å². The number of sulfonamides is 1. The van der Waals surface area contributed by atoms with Crippen molar-refractivity contribution in [2.24, 2.45) is 0 Å². The van der Waals surface area contributed by atoms with Crippen LogP contribution in [0.15, 0.2) is 17.5 Å². The summed E-state index contributed by atoms with van der Waals surface area (Å²) >= 11 is 1.38. The summed E-state index contributed by atoms with van der Waals surface area (Å²) in [5.74, 6) is -0.300. The topological polar surface area (TPSA) is 78.2 Å². The molecule has 0 spiro atoms. The summed E-state index contributed by atoms with van der Waals surface area (Å²) in [6, 6.07) is 3.53. The fraction of sp³-hybridized carbons (Fsp3) is 0.429. The second-order valence-electron chi connectivity index (χ2n) is 2.64. The molecule has 13 heavy (non-hydrogen) atoms. The molecular formula is C7H10NO3S2. The summed E-state index contributed by atoms with van der Waals surface area (Å²) in [7, 11) is -3.72. The van der Waals surface area contributed by atoms with Crippen molar-refractivity contribution in [3.05, 3.63) is 22.4 Å². The quantitative estimate of drug-likeness (QED) is 0.814. The Labute approximate surface area is 81.1 Å². The van der Waals surface area contributed by atoms with Gasteiger partial charge in [0.15, 0.2) is 0 Å². The van der Waals surface area contributed by atoms with Crippen molar-refractivity contribution in [1.29, 1.82) is 0 Å². The number of aliphatic hydroxyl groups is 1. The van der Waals surface area contributed by atoms with Gasteiger partial charge in [-0.25, -0.2) is 8.42 Å². The van der Waals surface area contributed by atoms with Gasteiger partial charge in [0.05, 0.1) is 11.9 Å². The zero-order valence-electron chi connectivity index (χ0n) is 6.80. The van der Waals surface area contributed by atoms with E-state index in [1.807, 2.05) is 5.38 Å². The minimum Gasteiger partial charge on any atom is -0.388 e. The van der Waals surface area contributed by atoms with Gasteiger partial charge in [0.2, 0.25) is 10.0 Å². The van der Waals surface area contributed by atoms with Crippen LogP contribution in [0, 0.1) is 0 Å². The minimum atomic E-state index is -3.72. The standard InChI is InChI=1S/C7H10NO3S2/c8-13(10,11)5-3-6(9)7-2-1-4-12-7/h1-2,4,6,8-9H,3,5H2. The highest BCUT2D eigenvalue weighted by Gasteiger charge is 2.12. The van der Waals surface area contributed by atoms with Crippen molar-refractivity contribution >= 4 is 21.4 Å². The number of nitrogens with one attached hydrogen (secondary N) is 1. The molecule has 0 bridgehead atoms. The third kappa shape index (κ3) is 3.86. The lowest BCUT2D eigenvalue weighted by molar-refractivity contribution is 0.178. The molecule has 0 aliphatic carbocycles. The van der Waals surface area contributed by atoms with E-state index in [1.54, 1.807) is 12.1 Å². The van der Waals surface area contributed by atoms with Gasteiger partial charge in [0, 0.05) is 4.88 Å². The van der Waals surface area contributed by atoms with Crippen LogP contribution in [0.2, 0.25) is 0 Å². The van der Waals surface area contributed by atoms with Crippen LogP contribution in [-0.2, 0) is 10.0 Å². The van der Waals surface area contributed by atoms with Gasteiger partial charge in [-0.1, -0.05) is 6.07 Å². The Morgan fingerprint density at radius 1 is 1.62 bits per heavy atom. The van der Waals surface area contributed by atoms with E-state index in [9.17, 15) is 13.5 Å². The smallest absolute Gasteiger partial charge is 0.225 e. The first-order chi connectivity index (χ1) is 5.99. The Morgan fingerprint density at radius 2 is 2.31 bits per heavy atom. The lowest BCUT2D eigenvalue weighted by atomic mass is 10.2. The van der Waals surface area contributed by atoms with Gasteiger partial charge in [-0.3, -0.25) is 0 Å². The van der Waals surface area contributed by atoms with Crippen LogP contribution in [0.1, 0.15) is 17.4 Å². The maximum absolute atomic E-state index is 10.5. The Balaban J connectivity index is 2.48. The molecule has 0 saturated heterocycles. The average molecular weight is 220 g/mol. The second-order valence-corrected chi connectivity index (χ2v) is 5.26. The molecule has 0 fully saturated rings. The monoisotopic (exact) mass is 220 g/mol. The lowest BCUT2D eigenvalue weighted by Crippen LogP contribution is -2.09. The molecule has 1 aromatic heterocycles. The third-order valence-corrected chi connectivity index (χ3v) is 3.28. The molecule has 1 rings (SSSR count). The molecule has 1 aromatic rings. The highest BCUT2D eigenvalue weighted by atomic mass is 32.2. The predicted molar refractivity (Wildman–Crippen MR) is 50.8 cm³/mol. The zero-order chi connectivity index (χ0) is 9.90. The van der Waals surface area contributed by atoms with Gasteiger partial charge in [-0.15, -0.1) is 16.5 Å². The largest absolute Gasteiger partial charge is 0.388 e. The van der Waals surface area contributed by atoms with Gasteiger partial charge in [-0.05, 0) is 17.9 Å². The number of hydrogen-bond acceptors (Lipinski definition) is 4. The van der Waals surface area contributed by atoms with E-state index >= 15 is 0 Å². The maximum atomic E-state index is 10.5. The first-order valence-electron chi connectivity index (χ1n) is 3.68. The number of thiophene rings is 1. The average Bonchev–Trinajstić information content (AvgIpc) is 2.50. The normalized spacial score (nSPS) is 14.3. The molecule has 1 heterocycles. The van der Waals surface area contributed by atoms with Crippen molar-refractivity contribution < 1.29 is 13.5 Å². The summed E-state index contributed by atoms with van der Waals surface area (Å²) in [5.41, 5.74) is 0. The van der Waals surface area contributed by atoms with Crippen LogP contribution in [0.4, 0.5) is 0 Å². The van der Waals surface area contributed by atoms with E-state index in [-0.39, 0.29) is 12.2 Å². The summed E-state index contributed by atoms with van der Waals surface area (Å²) in [4.78, 5) is 0.739. The van der Waals surface area contributed by atoms with Gasteiger partial charge in [0.1, 0.15) is 0 Å². The van der Waals surface area contributed by atoms with E-state index in [1.165, 1.54) is 11.3 Å². The molecule has 2 N–H and O–H groups in total. The number of rotatable bonds is 4. The van der Waals surface area contributed by atoms with Crippen molar-refractivity contribution in [3.63, 3.8) is 0 Å². The fourth-order valence-corrected chi connectivity index (χ4v) is 2.17. The summed E-state index contributed by atoms with van der Waals surface area (Å²) < 4.78 is 20.9. The molecule has 0 aliphatic heterocycles. The Morgan fingerprint density at radius 3 is 2.77 bits per heavy atom. The SMILES string of the molecule is [NH]S(=O)(=O)CCC(O)c1cccs1. The molecule has 0 aliphatic rings. The van der Waals surface area contributed by atoms with Crippen molar-refractivity contribution in [3.8, 4) is 0 Å². The number of aliphatic hydroxyl groups excluding tert-OH is 1. The summed E-state index contributed by atoms with van der Waals surface area (Å²) in [5, 5.41) is 17.9. The van der Waals surface area contributed by atoms with Gasteiger partial charge in [0.25, 0.3) is 0 Å². The van der Waals surface area contributed by atoms with E-state index in [0.717, 1.165) is 4.88 Å². The van der Waals surface area contributed by atoms with Crippen molar-refractivity contribution in [2.75, 3.05) is 5.75 Å². The van der Waals surface area contributed by atoms with Crippen molar-refractivity contribution in [2.45, 2.75) is 12.5 Å². The summed E-state index contributed by atoms with van der Waals surface area (Å²) in [6.45, 7) is 0.